The zero-order chi connectivity index (χ0) is 23.2. The van der Waals surface area contributed by atoms with Crippen LogP contribution in [-0.4, -0.2) is 32.4 Å². The molecule has 0 atom stereocenters. The quantitative estimate of drug-likeness (QED) is 0.295. The van der Waals surface area contributed by atoms with Crippen LogP contribution in [0.2, 0.25) is 0 Å². The Balaban J connectivity index is 1.38. The van der Waals surface area contributed by atoms with Crippen molar-refractivity contribution < 1.29 is 14.5 Å². The van der Waals surface area contributed by atoms with Crippen LogP contribution in [-0.2, 0) is 11.2 Å². The molecule has 33 heavy (non-hydrogen) atoms. The van der Waals surface area contributed by atoms with Crippen LogP contribution in [0.3, 0.4) is 0 Å². The molecule has 0 aliphatic carbocycles. The molecule has 0 unspecified atom stereocenters. The molecule has 1 N–H and O–H groups in total. The molecule has 0 aliphatic heterocycles. The fourth-order valence-electron chi connectivity index (χ4n) is 3.29. The van der Waals surface area contributed by atoms with Crippen molar-refractivity contribution in [1.82, 2.24) is 15.0 Å². The van der Waals surface area contributed by atoms with E-state index in [0.717, 1.165) is 24.9 Å². The molecule has 0 bridgehead atoms. The van der Waals surface area contributed by atoms with E-state index < -0.39 is 4.92 Å². The van der Waals surface area contributed by atoms with Gasteiger partial charge in [-0.15, -0.1) is 10.2 Å². The second-order valence-corrected chi connectivity index (χ2v) is 7.55. The predicted octanol–water partition coefficient (Wildman–Crippen LogP) is 4.69. The molecule has 1 heterocycles. The number of aryl methyl sites for hydroxylation is 1. The number of carbonyl (C=O) groups excluding carboxylic acids is 1. The molecule has 9 heteroatoms. The number of non-ortho nitro benzene ring substituents is 1. The third-order valence-electron chi connectivity index (χ3n) is 5.07. The molecule has 4 aromatic rings. The maximum absolute atomic E-state index is 12.2. The number of nitro groups is 1. The van der Waals surface area contributed by atoms with Crippen LogP contribution in [0.4, 0.5) is 11.4 Å². The van der Waals surface area contributed by atoms with Gasteiger partial charge in [-0.25, -0.2) is 0 Å². The first-order valence-electron chi connectivity index (χ1n) is 10.7. The first-order chi connectivity index (χ1) is 16.0. The molecule has 9 nitrogen and oxygen atoms in total. The van der Waals surface area contributed by atoms with Crippen molar-refractivity contribution in [3.8, 4) is 11.4 Å². The van der Waals surface area contributed by atoms with Crippen LogP contribution in [0.5, 0.6) is 5.75 Å². The van der Waals surface area contributed by atoms with Crippen LogP contribution < -0.4 is 10.1 Å². The van der Waals surface area contributed by atoms with Crippen LogP contribution in [0, 0.1) is 10.1 Å². The van der Waals surface area contributed by atoms with E-state index in [-0.39, 0.29) is 18.2 Å². The van der Waals surface area contributed by atoms with Crippen LogP contribution >= 0.6 is 0 Å². The van der Waals surface area contributed by atoms with Gasteiger partial charge in [-0.1, -0.05) is 25.5 Å². The lowest BCUT2D eigenvalue weighted by Gasteiger charge is -2.07. The predicted molar refractivity (Wildman–Crippen MR) is 125 cm³/mol. The maximum atomic E-state index is 12.2. The highest BCUT2D eigenvalue weighted by Crippen LogP contribution is 2.19. The van der Waals surface area contributed by atoms with Crippen molar-refractivity contribution in [2.45, 2.75) is 26.2 Å². The number of nitrogens with one attached hydrogen (secondary N) is 1. The van der Waals surface area contributed by atoms with Crippen LogP contribution in [0.1, 0.15) is 25.3 Å². The Hall–Kier alpha value is -4.27. The van der Waals surface area contributed by atoms with E-state index in [0.29, 0.717) is 22.5 Å². The Morgan fingerprint density at radius 3 is 2.45 bits per heavy atom. The highest BCUT2D eigenvalue weighted by Gasteiger charge is 2.10. The number of hydrogen-bond donors (Lipinski definition) is 1. The molecule has 168 valence electrons. The molecule has 0 fully saturated rings. The van der Waals surface area contributed by atoms with Crippen molar-refractivity contribution in [3.05, 3.63) is 82.4 Å². The lowest BCUT2D eigenvalue weighted by atomic mass is 10.1. The van der Waals surface area contributed by atoms with Gasteiger partial charge >= 0.3 is 0 Å². The summed E-state index contributed by atoms with van der Waals surface area (Å²) < 4.78 is 5.39. The largest absolute Gasteiger partial charge is 0.484 e. The molecular formula is C24H23N5O4. The Kier molecular flexibility index (Phi) is 6.58. The normalized spacial score (nSPS) is 10.8. The minimum absolute atomic E-state index is 0.0411. The zero-order valence-corrected chi connectivity index (χ0v) is 18.1. The van der Waals surface area contributed by atoms with Crippen LogP contribution in [0.15, 0.2) is 66.7 Å². The summed E-state index contributed by atoms with van der Waals surface area (Å²) in [6.45, 7) is 1.95. The number of anilines is 1. The first-order valence-corrected chi connectivity index (χ1v) is 10.7. The minimum Gasteiger partial charge on any atom is -0.484 e. The number of hydrogen-bond acceptors (Lipinski definition) is 6. The molecule has 1 amide bonds. The highest BCUT2D eigenvalue weighted by molar-refractivity contribution is 5.93. The van der Waals surface area contributed by atoms with Gasteiger partial charge in [-0.05, 0) is 60.9 Å². The van der Waals surface area contributed by atoms with Crippen LogP contribution in [0.25, 0.3) is 16.7 Å². The third-order valence-corrected chi connectivity index (χ3v) is 5.07. The van der Waals surface area contributed by atoms with E-state index in [1.807, 2.05) is 12.1 Å². The van der Waals surface area contributed by atoms with Crippen molar-refractivity contribution in [2.24, 2.45) is 0 Å². The molecule has 3 aromatic carbocycles. The van der Waals surface area contributed by atoms with Gasteiger partial charge in [0.2, 0.25) is 0 Å². The zero-order valence-electron chi connectivity index (χ0n) is 18.1. The van der Waals surface area contributed by atoms with Gasteiger partial charge in [0.25, 0.3) is 11.6 Å². The van der Waals surface area contributed by atoms with Gasteiger partial charge in [0.1, 0.15) is 16.8 Å². The van der Waals surface area contributed by atoms with Gasteiger partial charge in [0.15, 0.2) is 6.61 Å². The number of rotatable bonds is 9. The Morgan fingerprint density at radius 2 is 1.76 bits per heavy atom. The molecule has 0 aliphatic rings. The third kappa shape index (κ3) is 5.51. The van der Waals surface area contributed by atoms with E-state index in [2.05, 4.69) is 34.6 Å². The number of ether oxygens (including phenoxy) is 1. The molecule has 1 aromatic heterocycles. The molecule has 0 radical (unpaired) electrons. The Bertz CT molecular complexity index is 1270. The average molecular weight is 445 g/mol. The number of carbonyl (C=O) groups is 1. The number of nitrogens with zero attached hydrogens (tertiary/aromatic N) is 4. The van der Waals surface area contributed by atoms with Crippen molar-refractivity contribution >= 4 is 28.3 Å². The number of fused-ring (bicyclic) bond motifs is 1. The summed E-state index contributed by atoms with van der Waals surface area (Å²) in [5, 5.41) is 22.5. The number of unbranched alkanes of at least 4 members (excludes halogenated alkanes) is 1. The second-order valence-electron chi connectivity index (χ2n) is 7.55. The van der Waals surface area contributed by atoms with E-state index in [4.69, 9.17) is 4.74 Å². The number of benzene rings is 3. The van der Waals surface area contributed by atoms with E-state index in [1.54, 1.807) is 23.0 Å². The minimum atomic E-state index is -0.495. The van der Waals surface area contributed by atoms with Crippen molar-refractivity contribution in [1.29, 1.82) is 0 Å². The van der Waals surface area contributed by atoms with Gasteiger partial charge in [0, 0.05) is 17.8 Å². The van der Waals surface area contributed by atoms with Crippen molar-refractivity contribution in [3.63, 3.8) is 0 Å². The number of aromatic nitrogens is 3. The van der Waals surface area contributed by atoms with Gasteiger partial charge < -0.3 is 10.1 Å². The fraction of sp³-hybridized carbons (Fsp3) is 0.208. The summed E-state index contributed by atoms with van der Waals surface area (Å²) in [5.41, 5.74) is 4.05. The molecule has 4 rings (SSSR count). The monoisotopic (exact) mass is 445 g/mol. The summed E-state index contributed by atoms with van der Waals surface area (Å²) in [7, 11) is 0. The Morgan fingerprint density at radius 1 is 1.03 bits per heavy atom. The average Bonchev–Trinajstić information content (AvgIpc) is 3.25. The SMILES string of the molecule is CCCCc1ccc(-n2nc3ccc(NC(=O)COc4ccc([N+](=O)[O-])cc4)cc3n2)cc1. The number of amides is 1. The molecule has 0 saturated heterocycles. The standard InChI is InChI=1S/C24H23N5O4/c1-2-3-4-17-5-8-19(9-6-17)28-26-22-14-7-18(15-23(22)27-28)25-24(30)16-33-21-12-10-20(11-13-21)29(31)32/h5-15H,2-4,16H2,1H3,(H,25,30). The molecule has 0 saturated carbocycles. The first kappa shape index (κ1) is 21.9. The summed E-state index contributed by atoms with van der Waals surface area (Å²) in [4.78, 5) is 24.0. The van der Waals surface area contributed by atoms with Gasteiger partial charge in [0.05, 0.1) is 10.6 Å². The van der Waals surface area contributed by atoms with Gasteiger partial charge in [-0.3, -0.25) is 14.9 Å². The van der Waals surface area contributed by atoms with E-state index in [9.17, 15) is 14.9 Å². The smallest absolute Gasteiger partial charge is 0.269 e. The summed E-state index contributed by atoms with van der Waals surface area (Å²) in [6.07, 6.45) is 3.38. The van der Waals surface area contributed by atoms with Crippen molar-refractivity contribution in [2.75, 3.05) is 11.9 Å². The number of nitro benzene ring substituents is 1. The lowest BCUT2D eigenvalue weighted by molar-refractivity contribution is -0.384. The lowest BCUT2D eigenvalue weighted by Crippen LogP contribution is -2.20. The highest BCUT2D eigenvalue weighted by atomic mass is 16.6. The topological polar surface area (TPSA) is 112 Å². The summed E-state index contributed by atoms with van der Waals surface area (Å²) >= 11 is 0. The molecular weight excluding hydrogens is 422 g/mol. The summed E-state index contributed by atoms with van der Waals surface area (Å²) in [5.74, 6) is 0.0117. The van der Waals surface area contributed by atoms with Gasteiger partial charge in [-0.2, -0.15) is 4.80 Å². The Labute approximate surface area is 190 Å². The molecule has 0 spiro atoms. The fourth-order valence-corrected chi connectivity index (χ4v) is 3.29. The second kappa shape index (κ2) is 9.90. The van der Waals surface area contributed by atoms with E-state index >= 15 is 0 Å². The summed E-state index contributed by atoms with van der Waals surface area (Å²) in [6, 6.07) is 19.0. The maximum Gasteiger partial charge on any atom is 0.269 e. The van der Waals surface area contributed by atoms with E-state index in [1.165, 1.54) is 29.8 Å².